The summed E-state index contributed by atoms with van der Waals surface area (Å²) in [5, 5.41) is 20.6. The number of rotatable bonds is 4. The molecule has 0 aromatic heterocycles. The van der Waals surface area contributed by atoms with E-state index in [-0.39, 0.29) is 13.2 Å². The van der Waals surface area contributed by atoms with Gasteiger partial charge < -0.3 is 10.2 Å². The molecule has 2 aromatic carbocycles. The molecule has 2 unspecified atom stereocenters. The van der Waals surface area contributed by atoms with E-state index in [4.69, 9.17) is 0 Å². The van der Waals surface area contributed by atoms with E-state index in [0.29, 0.717) is 0 Å². The molecular formula is C19H22O2. The van der Waals surface area contributed by atoms with E-state index in [0.717, 1.165) is 30.4 Å². The van der Waals surface area contributed by atoms with Gasteiger partial charge in [0.25, 0.3) is 0 Å². The monoisotopic (exact) mass is 282 g/mol. The third kappa shape index (κ3) is 2.02. The summed E-state index contributed by atoms with van der Waals surface area (Å²) in [4.78, 5) is 0. The van der Waals surface area contributed by atoms with Gasteiger partial charge in [-0.25, -0.2) is 0 Å². The number of hydrogen-bond donors (Lipinski definition) is 2. The van der Waals surface area contributed by atoms with Crippen molar-refractivity contribution >= 4 is 0 Å². The Morgan fingerprint density at radius 3 is 1.38 bits per heavy atom. The van der Waals surface area contributed by atoms with Crippen LogP contribution in [0.1, 0.15) is 30.4 Å². The van der Waals surface area contributed by atoms with Crippen LogP contribution in [-0.4, -0.2) is 23.4 Å². The van der Waals surface area contributed by atoms with Gasteiger partial charge in [0.05, 0.1) is 13.2 Å². The zero-order valence-electron chi connectivity index (χ0n) is 12.2. The molecule has 2 nitrogen and oxygen atoms in total. The first-order valence-corrected chi connectivity index (χ1v) is 7.62. The quantitative estimate of drug-likeness (QED) is 0.905. The van der Waals surface area contributed by atoms with Crippen LogP contribution in [-0.2, 0) is 10.8 Å². The number of hydrogen-bond acceptors (Lipinski definition) is 2. The first kappa shape index (κ1) is 14.3. The highest BCUT2D eigenvalue weighted by Gasteiger charge is 2.55. The summed E-state index contributed by atoms with van der Waals surface area (Å²) in [5.41, 5.74) is 1.46. The third-order valence-electron chi connectivity index (χ3n) is 5.32. The molecule has 110 valence electrons. The maximum atomic E-state index is 10.3. The Labute approximate surface area is 126 Å². The van der Waals surface area contributed by atoms with Gasteiger partial charge >= 0.3 is 0 Å². The SMILES string of the molecule is OCC1(c2ccccc2)CCCC1(CO)c1ccccc1. The second kappa shape index (κ2) is 5.63. The summed E-state index contributed by atoms with van der Waals surface area (Å²) in [7, 11) is 0. The Kier molecular flexibility index (Phi) is 3.83. The Morgan fingerprint density at radius 2 is 1.05 bits per heavy atom. The summed E-state index contributed by atoms with van der Waals surface area (Å²) in [5.74, 6) is 0. The zero-order valence-corrected chi connectivity index (χ0v) is 12.2. The molecule has 1 fully saturated rings. The van der Waals surface area contributed by atoms with Gasteiger partial charge in [-0.3, -0.25) is 0 Å². The first-order chi connectivity index (χ1) is 10.3. The molecule has 2 heteroatoms. The third-order valence-corrected chi connectivity index (χ3v) is 5.32. The molecule has 1 aliphatic carbocycles. The predicted molar refractivity (Wildman–Crippen MR) is 84.3 cm³/mol. The molecule has 2 aromatic rings. The van der Waals surface area contributed by atoms with E-state index in [9.17, 15) is 10.2 Å². The highest BCUT2D eigenvalue weighted by Crippen LogP contribution is 2.55. The highest BCUT2D eigenvalue weighted by molar-refractivity contribution is 5.41. The fourth-order valence-electron chi connectivity index (χ4n) is 4.17. The molecule has 3 rings (SSSR count). The van der Waals surface area contributed by atoms with E-state index < -0.39 is 10.8 Å². The molecule has 0 radical (unpaired) electrons. The average Bonchev–Trinajstić information content (AvgIpc) is 2.97. The van der Waals surface area contributed by atoms with Crippen LogP contribution in [0.2, 0.25) is 0 Å². The van der Waals surface area contributed by atoms with Crippen molar-refractivity contribution in [3.63, 3.8) is 0 Å². The lowest BCUT2D eigenvalue weighted by molar-refractivity contribution is 0.0796. The van der Waals surface area contributed by atoms with Crippen LogP contribution < -0.4 is 0 Å². The Balaban J connectivity index is 2.19. The van der Waals surface area contributed by atoms with Crippen LogP contribution in [0.5, 0.6) is 0 Å². The second-order valence-electron chi connectivity index (χ2n) is 6.07. The van der Waals surface area contributed by atoms with Crippen LogP contribution in [0.15, 0.2) is 60.7 Å². The number of aliphatic hydroxyl groups is 2. The number of aliphatic hydroxyl groups excluding tert-OH is 2. The lowest BCUT2D eigenvalue weighted by atomic mass is 9.59. The molecular weight excluding hydrogens is 260 g/mol. The molecule has 0 spiro atoms. The van der Waals surface area contributed by atoms with Crippen molar-refractivity contribution in [3.8, 4) is 0 Å². The first-order valence-electron chi connectivity index (χ1n) is 7.62. The average molecular weight is 282 g/mol. The van der Waals surface area contributed by atoms with Crippen LogP contribution in [0.25, 0.3) is 0 Å². The van der Waals surface area contributed by atoms with Crippen LogP contribution in [0.4, 0.5) is 0 Å². The summed E-state index contributed by atoms with van der Waals surface area (Å²) < 4.78 is 0. The summed E-state index contributed by atoms with van der Waals surface area (Å²) >= 11 is 0. The zero-order chi connectivity index (χ0) is 14.8. The molecule has 1 saturated carbocycles. The van der Waals surface area contributed by atoms with Crippen LogP contribution in [0.3, 0.4) is 0 Å². The van der Waals surface area contributed by atoms with Gasteiger partial charge in [-0.05, 0) is 24.0 Å². The molecule has 0 aliphatic heterocycles. The van der Waals surface area contributed by atoms with Crippen molar-refractivity contribution < 1.29 is 10.2 Å². The van der Waals surface area contributed by atoms with Gasteiger partial charge in [0.15, 0.2) is 0 Å². The molecule has 21 heavy (non-hydrogen) atoms. The Morgan fingerprint density at radius 1 is 0.667 bits per heavy atom. The second-order valence-corrected chi connectivity index (χ2v) is 6.07. The Bertz CT molecular complexity index is 528. The number of benzene rings is 2. The van der Waals surface area contributed by atoms with E-state index in [2.05, 4.69) is 24.3 Å². The maximum Gasteiger partial charge on any atom is 0.0537 e. The van der Waals surface area contributed by atoms with Gasteiger partial charge in [0, 0.05) is 10.8 Å². The topological polar surface area (TPSA) is 40.5 Å². The van der Waals surface area contributed by atoms with Crippen LogP contribution in [0, 0.1) is 0 Å². The van der Waals surface area contributed by atoms with Crippen LogP contribution >= 0.6 is 0 Å². The van der Waals surface area contributed by atoms with Gasteiger partial charge in [0.2, 0.25) is 0 Å². The summed E-state index contributed by atoms with van der Waals surface area (Å²) in [6.07, 6.45) is 2.83. The molecule has 2 atom stereocenters. The van der Waals surface area contributed by atoms with Crippen molar-refractivity contribution in [1.29, 1.82) is 0 Å². The van der Waals surface area contributed by atoms with Gasteiger partial charge in [-0.2, -0.15) is 0 Å². The van der Waals surface area contributed by atoms with Crippen molar-refractivity contribution in [2.24, 2.45) is 0 Å². The summed E-state index contributed by atoms with van der Waals surface area (Å²) in [6.45, 7) is 0.124. The van der Waals surface area contributed by atoms with E-state index in [1.54, 1.807) is 0 Å². The molecule has 0 heterocycles. The normalized spacial score (nSPS) is 28.7. The minimum Gasteiger partial charge on any atom is -0.395 e. The molecule has 0 bridgehead atoms. The molecule has 0 saturated heterocycles. The van der Waals surface area contributed by atoms with E-state index in [1.807, 2.05) is 36.4 Å². The van der Waals surface area contributed by atoms with Crippen molar-refractivity contribution in [3.05, 3.63) is 71.8 Å². The highest BCUT2D eigenvalue weighted by atomic mass is 16.3. The molecule has 1 aliphatic rings. The minimum absolute atomic E-state index is 0.0620. The summed E-state index contributed by atoms with van der Waals surface area (Å²) in [6, 6.07) is 20.3. The van der Waals surface area contributed by atoms with E-state index in [1.165, 1.54) is 0 Å². The lowest BCUT2D eigenvalue weighted by Crippen LogP contribution is -2.50. The largest absolute Gasteiger partial charge is 0.395 e. The standard InChI is InChI=1S/C19H22O2/c20-14-18(16-8-3-1-4-9-16)12-7-13-19(18,15-21)17-10-5-2-6-11-17/h1-6,8-11,20-21H,7,12-15H2. The molecule has 0 amide bonds. The Hall–Kier alpha value is -1.64. The minimum atomic E-state index is -0.398. The molecule has 2 N–H and O–H groups in total. The fourth-order valence-corrected chi connectivity index (χ4v) is 4.17. The predicted octanol–water partition coefficient (Wildman–Crippen LogP) is 3.03. The smallest absolute Gasteiger partial charge is 0.0537 e. The maximum absolute atomic E-state index is 10.3. The van der Waals surface area contributed by atoms with Crippen molar-refractivity contribution in [2.75, 3.05) is 13.2 Å². The van der Waals surface area contributed by atoms with Crippen molar-refractivity contribution in [2.45, 2.75) is 30.1 Å². The van der Waals surface area contributed by atoms with Gasteiger partial charge in [0.1, 0.15) is 0 Å². The van der Waals surface area contributed by atoms with Crippen molar-refractivity contribution in [1.82, 2.24) is 0 Å². The fraction of sp³-hybridized carbons (Fsp3) is 0.368. The van der Waals surface area contributed by atoms with E-state index >= 15 is 0 Å². The lowest BCUT2D eigenvalue weighted by Gasteiger charge is -2.45. The van der Waals surface area contributed by atoms with Gasteiger partial charge in [-0.15, -0.1) is 0 Å². The van der Waals surface area contributed by atoms with Gasteiger partial charge in [-0.1, -0.05) is 67.1 Å².